The normalized spacial score (nSPS) is 17.9. The number of sulfonamides is 1. The summed E-state index contributed by atoms with van der Waals surface area (Å²) in [5.74, 6) is 1.53. The lowest BCUT2D eigenvalue weighted by atomic mass is 9.87. The molecule has 0 radical (unpaired) electrons. The first-order valence-corrected chi connectivity index (χ1v) is 10.5. The van der Waals surface area contributed by atoms with Gasteiger partial charge in [0.15, 0.2) is 0 Å². The molecule has 0 fully saturated rings. The first-order chi connectivity index (χ1) is 11.8. The van der Waals surface area contributed by atoms with Gasteiger partial charge in [-0.3, -0.25) is 4.90 Å². The van der Waals surface area contributed by atoms with Gasteiger partial charge in [-0.25, -0.2) is 8.42 Å². The summed E-state index contributed by atoms with van der Waals surface area (Å²) in [5.41, 5.74) is 2.86. The molecule has 1 aromatic carbocycles. The van der Waals surface area contributed by atoms with Gasteiger partial charge in [-0.2, -0.15) is 4.31 Å². The number of fused-ring (bicyclic) bond motifs is 1. The number of hydrogen-bond acceptors (Lipinski definition) is 4. The molecule has 0 aliphatic heterocycles. The molecule has 1 atom stereocenters. The fourth-order valence-electron chi connectivity index (χ4n) is 3.47. The van der Waals surface area contributed by atoms with Crippen molar-refractivity contribution in [3.8, 4) is 0 Å². The zero-order valence-corrected chi connectivity index (χ0v) is 15.9. The summed E-state index contributed by atoms with van der Waals surface area (Å²) in [5, 5.41) is 0. The molecule has 0 amide bonds. The van der Waals surface area contributed by atoms with Crippen LogP contribution >= 0.6 is 0 Å². The first kappa shape index (κ1) is 18.2. The van der Waals surface area contributed by atoms with E-state index >= 15 is 0 Å². The number of rotatable bonds is 6. The fourth-order valence-corrected chi connectivity index (χ4v) is 3.83. The maximum atomic E-state index is 11.5. The van der Waals surface area contributed by atoms with Gasteiger partial charge in [-0.05, 0) is 49.6 Å². The molecule has 5 nitrogen and oxygen atoms in total. The maximum Gasteiger partial charge on any atom is 0.211 e. The van der Waals surface area contributed by atoms with E-state index in [1.165, 1.54) is 28.1 Å². The van der Waals surface area contributed by atoms with Crippen molar-refractivity contribution in [2.75, 3.05) is 20.4 Å². The van der Waals surface area contributed by atoms with Crippen LogP contribution in [-0.4, -0.2) is 38.0 Å². The largest absolute Gasteiger partial charge is 0.463 e. The molecule has 0 saturated heterocycles. The molecule has 0 N–H and O–H groups in total. The van der Waals surface area contributed by atoms with Crippen LogP contribution in [0.5, 0.6) is 0 Å². The molecular formula is C19H26N2O3S. The van der Waals surface area contributed by atoms with Gasteiger partial charge < -0.3 is 4.42 Å². The highest BCUT2D eigenvalue weighted by Gasteiger charge is 2.24. The average molecular weight is 362 g/mol. The van der Waals surface area contributed by atoms with Gasteiger partial charge in [-0.1, -0.05) is 24.3 Å². The van der Waals surface area contributed by atoms with E-state index in [9.17, 15) is 8.42 Å². The molecule has 2 aromatic rings. The van der Waals surface area contributed by atoms with Crippen molar-refractivity contribution in [3.63, 3.8) is 0 Å². The van der Waals surface area contributed by atoms with E-state index in [4.69, 9.17) is 4.42 Å². The summed E-state index contributed by atoms with van der Waals surface area (Å²) in [6.07, 6.45) is 4.71. The smallest absolute Gasteiger partial charge is 0.211 e. The molecule has 3 rings (SSSR count). The SMILES string of the molecule is CN(Cc1ccc(CN(C)S(C)(=O)=O)o1)C1CCCc2ccccc21. The van der Waals surface area contributed by atoms with Gasteiger partial charge in [0.25, 0.3) is 0 Å². The minimum absolute atomic E-state index is 0.259. The van der Waals surface area contributed by atoms with E-state index in [0.717, 1.165) is 18.6 Å². The molecule has 6 heteroatoms. The van der Waals surface area contributed by atoms with Crippen LogP contribution in [0.15, 0.2) is 40.8 Å². The van der Waals surface area contributed by atoms with Gasteiger partial charge in [0.1, 0.15) is 11.5 Å². The van der Waals surface area contributed by atoms with Crippen molar-refractivity contribution in [1.82, 2.24) is 9.21 Å². The molecule has 25 heavy (non-hydrogen) atoms. The van der Waals surface area contributed by atoms with Crippen LogP contribution in [0.4, 0.5) is 0 Å². The van der Waals surface area contributed by atoms with Crippen LogP contribution in [0.2, 0.25) is 0 Å². The molecule has 0 saturated carbocycles. The van der Waals surface area contributed by atoms with E-state index in [0.29, 0.717) is 18.3 Å². The molecule has 1 heterocycles. The molecule has 0 spiro atoms. The van der Waals surface area contributed by atoms with E-state index in [-0.39, 0.29) is 6.54 Å². The first-order valence-electron chi connectivity index (χ1n) is 8.61. The van der Waals surface area contributed by atoms with Gasteiger partial charge >= 0.3 is 0 Å². The van der Waals surface area contributed by atoms with Crippen LogP contribution in [-0.2, 0) is 29.5 Å². The lowest BCUT2D eigenvalue weighted by Gasteiger charge is -2.32. The molecule has 1 aliphatic carbocycles. The maximum absolute atomic E-state index is 11.5. The number of hydrogen-bond donors (Lipinski definition) is 0. The Bertz CT molecular complexity index is 829. The van der Waals surface area contributed by atoms with Crippen LogP contribution < -0.4 is 0 Å². The zero-order valence-electron chi connectivity index (χ0n) is 15.1. The summed E-state index contributed by atoms with van der Waals surface area (Å²) in [4.78, 5) is 2.32. The topological polar surface area (TPSA) is 53.8 Å². The Morgan fingerprint density at radius 3 is 2.48 bits per heavy atom. The van der Waals surface area contributed by atoms with E-state index in [2.05, 4.69) is 36.2 Å². The van der Waals surface area contributed by atoms with Crippen molar-refractivity contribution >= 4 is 10.0 Å². The molecule has 1 unspecified atom stereocenters. The van der Waals surface area contributed by atoms with Crippen LogP contribution in [0, 0.1) is 0 Å². The van der Waals surface area contributed by atoms with Crippen LogP contribution in [0.3, 0.4) is 0 Å². The molecule has 1 aromatic heterocycles. The molecule has 1 aliphatic rings. The van der Waals surface area contributed by atoms with Gasteiger partial charge in [-0.15, -0.1) is 0 Å². The molecular weight excluding hydrogens is 336 g/mol. The second kappa shape index (κ2) is 7.32. The van der Waals surface area contributed by atoms with Crippen molar-refractivity contribution in [2.24, 2.45) is 0 Å². The Kier molecular flexibility index (Phi) is 5.32. The van der Waals surface area contributed by atoms with E-state index < -0.39 is 10.0 Å². The third kappa shape index (κ3) is 4.32. The predicted molar refractivity (Wildman–Crippen MR) is 98.6 cm³/mol. The quantitative estimate of drug-likeness (QED) is 0.792. The Morgan fingerprint density at radius 2 is 1.76 bits per heavy atom. The fraction of sp³-hybridized carbons (Fsp3) is 0.474. The van der Waals surface area contributed by atoms with E-state index in [1.54, 1.807) is 7.05 Å². The van der Waals surface area contributed by atoms with Gasteiger partial charge in [0.2, 0.25) is 10.0 Å². The minimum Gasteiger partial charge on any atom is -0.463 e. The zero-order chi connectivity index (χ0) is 18.0. The Labute approximate surface area is 150 Å². The van der Waals surface area contributed by atoms with Crippen molar-refractivity contribution in [3.05, 3.63) is 59.0 Å². The van der Waals surface area contributed by atoms with Gasteiger partial charge in [0.05, 0.1) is 19.3 Å². The number of benzene rings is 1. The van der Waals surface area contributed by atoms with E-state index in [1.807, 2.05) is 12.1 Å². The minimum atomic E-state index is -3.20. The second-order valence-electron chi connectivity index (χ2n) is 6.91. The summed E-state index contributed by atoms with van der Waals surface area (Å²) in [6, 6.07) is 12.9. The number of furan rings is 1. The summed E-state index contributed by atoms with van der Waals surface area (Å²) in [7, 11) is 0.478. The highest BCUT2D eigenvalue weighted by atomic mass is 32.2. The molecule has 136 valence electrons. The van der Waals surface area contributed by atoms with Crippen molar-refractivity contribution in [1.29, 1.82) is 0 Å². The summed E-state index contributed by atoms with van der Waals surface area (Å²) in [6.45, 7) is 0.969. The number of aryl methyl sites for hydroxylation is 1. The highest BCUT2D eigenvalue weighted by Crippen LogP contribution is 2.34. The third-order valence-electron chi connectivity index (χ3n) is 4.94. The van der Waals surface area contributed by atoms with Crippen molar-refractivity contribution in [2.45, 2.75) is 38.4 Å². The van der Waals surface area contributed by atoms with Crippen molar-refractivity contribution < 1.29 is 12.8 Å². The van der Waals surface area contributed by atoms with Crippen LogP contribution in [0.1, 0.15) is 41.5 Å². The lowest BCUT2D eigenvalue weighted by Crippen LogP contribution is -2.27. The van der Waals surface area contributed by atoms with Crippen LogP contribution in [0.25, 0.3) is 0 Å². The second-order valence-corrected chi connectivity index (χ2v) is 9.00. The summed E-state index contributed by atoms with van der Waals surface area (Å²) >= 11 is 0. The Morgan fingerprint density at radius 1 is 1.08 bits per heavy atom. The Hall–Kier alpha value is -1.63. The average Bonchev–Trinajstić information content (AvgIpc) is 3.00. The number of nitrogens with zero attached hydrogens (tertiary/aromatic N) is 2. The highest BCUT2D eigenvalue weighted by molar-refractivity contribution is 7.88. The monoisotopic (exact) mass is 362 g/mol. The lowest BCUT2D eigenvalue weighted by molar-refractivity contribution is 0.196. The predicted octanol–water partition coefficient (Wildman–Crippen LogP) is 3.18. The van der Waals surface area contributed by atoms with Gasteiger partial charge in [0, 0.05) is 13.1 Å². The Balaban J connectivity index is 1.67. The summed E-state index contributed by atoms with van der Waals surface area (Å²) < 4.78 is 30.2. The standard InChI is InChI=1S/C19H26N2O3S/c1-20(19-10-6-8-15-7-4-5-9-18(15)19)13-16-11-12-17(24-16)14-21(2)25(3,22)23/h4-5,7,9,11-12,19H,6,8,10,13-14H2,1-3H3. The molecule has 0 bridgehead atoms. The third-order valence-corrected chi connectivity index (χ3v) is 6.20.